The van der Waals surface area contributed by atoms with Gasteiger partial charge in [-0.05, 0) is 49.5 Å². The van der Waals surface area contributed by atoms with Crippen LogP contribution in [0.2, 0.25) is 0 Å². The quantitative estimate of drug-likeness (QED) is 0.609. The zero-order valence-electron chi connectivity index (χ0n) is 15.7. The summed E-state index contributed by atoms with van der Waals surface area (Å²) in [7, 11) is 1.68. The third-order valence-electron chi connectivity index (χ3n) is 4.45. The van der Waals surface area contributed by atoms with Crippen LogP contribution < -0.4 is 14.8 Å². The van der Waals surface area contributed by atoms with Crippen LogP contribution in [0.3, 0.4) is 0 Å². The lowest BCUT2D eigenvalue weighted by atomic mass is 10.2. The molecule has 0 amide bonds. The highest BCUT2D eigenvalue weighted by atomic mass is 32.1. The van der Waals surface area contributed by atoms with Gasteiger partial charge in [-0.2, -0.15) is 0 Å². The van der Waals surface area contributed by atoms with Gasteiger partial charge in [0, 0.05) is 6.54 Å². The Balaban J connectivity index is 1.69. The van der Waals surface area contributed by atoms with Crippen LogP contribution in [0.1, 0.15) is 55.3 Å². The minimum absolute atomic E-state index is 0.724. The van der Waals surface area contributed by atoms with E-state index in [1.807, 2.05) is 18.2 Å². The molecule has 0 radical (unpaired) electrons. The predicted octanol–water partition coefficient (Wildman–Crippen LogP) is 5.64. The normalized spacial score (nSPS) is 13.9. The number of benzene rings is 1. The first-order chi connectivity index (χ1) is 12.8. The van der Waals surface area contributed by atoms with Crippen LogP contribution >= 0.6 is 11.3 Å². The Morgan fingerprint density at radius 2 is 2.12 bits per heavy atom. The number of thiazole rings is 1. The van der Waals surface area contributed by atoms with Gasteiger partial charge in [0.05, 0.1) is 19.4 Å². The Bertz CT molecular complexity index is 716. The summed E-state index contributed by atoms with van der Waals surface area (Å²) in [6, 6.07) is 6.05. The van der Waals surface area contributed by atoms with Crippen LogP contribution in [0.4, 0.5) is 5.00 Å². The molecule has 0 spiro atoms. The van der Waals surface area contributed by atoms with Crippen molar-refractivity contribution in [2.24, 2.45) is 0 Å². The lowest BCUT2D eigenvalue weighted by molar-refractivity contribution is 0.286. The van der Waals surface area contributed by atoms with Crippen LogP contribution in [0.25, 0.3) is 12.2 Å². The molecular formula is C21H28N2O2S. The fraction of sp³-hybridized carbons (Fsp3) is 0.476. The number of nitrogens with one attached hydrogen (secondary N) is 1. The first-order valence-electron chi connectivity index (χ1n) is 9.52. The molecule has 0 aliphatic carbocycles. The van der Waals surface area contributed by atoms with Crippen molar-refractivity contribution in [1.82, 2.24) is 4.98 Å². The van der Waals surface area contributed by atoms with Gasteiger partial charge in [0.25, 0.3) is 0 Å². The van der Waals surface area contributed by atoms with Gasteiger partial charge < -0.3 is 14.8 Å². The van der Waals surface area contributed by atoms with E-state index in [-0.39, 0.29) is 0 Å². The summed E-state index contributed by atoms with van der Waals surface area (Å²) in [5.41, 5.74) is 2.30. The molecule has 0 saturated carbocycles. The molecule has 0 bridgehead atoms. The highest BCUT2D eigenvalue weighted by molar-refractivity contribution is 7.16. The molecule has 0 unspecified atom stereocenters. The Kier molecular flexibility index (Phi) is 6.95. The van der Waals surface area contributed by atoms with Crippen LogP contribution in [0.15, 0.2) is 18.2 Å². The Morgan fingerprint density at radius 3 is 2.96 bits per heavy atom. The second-order valence-corrected chi connectivity index (χ2v) is 7.54. The van der Waals surface area contributed by atoms with Gasteiger partial charge in [-0.15, -0.1) is 0 Å². The van der Waals surface area contributed by atoms with Gasteiger partial charge in [-0.1, -0.05) is 43.2 Å². The van der Waals surface area contributed by atoms with E-state index in [1.165, 1.54) is 36.4 Å². The highest BCUT2D eigenvalue weighted by Gasteiger charge is 2.12. The molecule has 1 aromatic heterocycles. The summed E-state index contributed by atoms with van der Waals surface area (Å²) in [5, 5.41) is 5.77. The lowest BCUT2D eigenvalue weighted by Gasteiger charge is -2.11. The minimum Gasteiger partial charge on any atom is -0.493 e. The highest BCUT2D eigenvalue weighted by Crippen LogP contribution is 2.31. The maximum absolute atomic E-state index is 5.92. The predicted molar refractivity (Wildman–Crippen MR) is 110 cm³/mol. The smallest absolute Gasteiger partial charge is 0.161 e. The monoisotopic (exact) mass is 372 g/mol. The van der Waals surface area contributed by atoms with E-state index in [0.29, 0.717) is 0 Å². The van der Waals surface area contributed by atoms with Crippen molar-refractivity contribution >= 4 is 28.5 Å². The average Bonchev–Trinajstić information content (AvgIpc) is 2.92. The number of fused-ring (bicyclic) bond motifs is 1. The van der Waals surface area contributed by atoms with E-state index in [0.717, 1.165) is 48.1 Å². The Hall–Kier alpha value is -2.01. The second-order valence-electron chi connectivity index (χ2n) is 6.51. The van der Waals surface area contributed by atoms with E-state index >= 15 is 0 Å². The maximum Gasteiger partial charge on any atom is 0.161 e. The van der Waals surface area contributed by atoms with E-state index in [9.17, 15) is 0 Å². The van der Waals surface area contributed by atoms with Crippen molar-refractivity contribution in [3.8, 4) is 11.5 Å². The molecule has 0 fully saturated rings. The summed E-state index contributed by atoms with van der Waals surface area (Å²) >= 11 is 1.73. The molecule has 0 saturated heterocycles. The molecule has 140 valence electrons. The number of ether oxygens (including phenoxy) is 2. The topological polar surface area (TPSA) is 43.4 Å². The lowest BCUT2D eigenvalue weighted by Crippen LogP contribution is -1.99. The summed E-state index contributed by atoms with van der Waals surface area (Å²) in [4.78, 5) is 4.77. The SMILES string of the molecule is CCCCCOc1cc(/C=C/c2nc3c(s2)NCCCC3)ccc1OC. The van der Waals surface area contributed by atoms with E-state index in [1.54, 1.807) is 18.4 Å². The van der Waals surface area contributed by atoms with E-state index in [2.05, 4.69) is 24.4 Å². The van der Waals surface area contributed by atoms with Crippen LogP contribution in [0, 0.1) is 0 Å². The molecule has 5 heteroatoms. The molecule has 2 heterocycles. The molecule has 2 aromatic rings. The fourth-order valence-electron chi connectivity index (χ4n) is 2.98. The van der Waals surface area contributed by atoms with Crippen LogP contribution in [-0.2, 0) is 6.42 Å². The largest absolute Gasteiger partial charge is 0.493 e. The first-order valence-corrected chi connectivity index (χ1v) is 10.3. The maximum atomic E-state index is 5.92. The standard InChI is InChI=1S/C21H28N2O2S/c1-3-4-7-14-25-19-15-16(9-11-18(19)24-2)10-12-20-23-17-8-5-6-13-22-21(17)26-20/h9-12,15,22H,3-8,13-14H2,1-2H3/b12-10+. The number of aromatic nitrogens is 1. The summed E-state index contributed by atoms with van der Waals surface area (Å²) in [6.45, 7) is 3.97. The van der Waals surface area contributed by atoms with Crippen molar-refractivity contribution in [2.45, 2.75) is 45.4 Å². The van der Waals surface area contributed by atoms with Crippen molar-refractivity contribution in [2.75, 3.05) is 25.6 Å². The van der Waals surface area contributed by atoms with E-state index in [4.69, 9.17) is 14.5 Å². The molecule has 1 aliphatic rings. The molecule has 0 atom stereocenters. The third kappa shape index (κ3) is 5.01. The average molecular weight is 373 g/mol. The Morgan fingerprint density at radius 1 is 1.19 bits per heavy atom. The third-order valence-corrected chi connectivity index (χ3v) is 5.47. The number of anilines is 1. The minimum atomic E-state index is 0.724. The first kappa shape index (κ1) is 18.8. The molecule has 1 N–H and O–H groups in total. The van der Waals surface area contributed by atoms with Gasteiger partial charge in [-0.25, -0.2) is 4.98 Å². The number of hydrogen-bond acceptors (Lipinski definition) is 5. The molecule has 3 rings (SSSR count). The number of nitrogens with zero attached hydrogens (tertiary/aromatic N) is 1. The number of aryl methyl sites for hydroxylation is 1. The van der Waals surface area contributed by atoms with Crippen molar-refractivity contribution in [3.63, 3.8) is 0 Å². The molecule has 1 aliphatic heterocycles. The van der Waals surface area contributed by atoms with E-state index < -0.39 is 0 Å². The number of methoxy groups -OCH3 is 1. The van der Waals surface area contributed by atoms with Gasteiger partial charge in [0.1, 0.15) is 10.0 Å². The van der Waals surface area contributed by atoms with Crippen molar-refractivity contribution < 1.29 is 9.47 Å². The number of unbranched alkanes of at least 4 members (excludes halogenated alkanes) is 2. The molecule has 1 aromatic carbocycles. The van der Waals surface area contributed by atoms with Crippen molar-refractivity contribution in [1.29, 1.82) is 0 Å². The summed E-state index contributed by atoms with van der Waals surface area (Å²) in [5.74, 6) is 1.59. The molecule has 4 nitrogen and oxygen atoms in total. The summed E-state index contributed by atoms with van der Waals surface area (Å²) < 4.78 is 11.3. The van der Waals surface area contributed by atoms with Gasteiger partial charge in [0.2, 0.25) is 0 Å². The number of hydrogen-bond donors (Lipinski definition) is 1. The zero-order chi connectivity index (χ0) is 18.2. The Labute approximate surface area is 160 Å². The number of rotatable bonds is 8. The molecule has 26 heavy (non-hydrogen) atoms. The van der Waals surface area contributed by atoms with Gasteiger partial charge in [0.15, 0.2) is 11.5 Å². The molecular weight excluding hydrogens is 344 g/mol. The van der Waals surface area contributed by atoms with Crippen LogP contribution in [-0.4, -0.2) is 25.2 Å². The van der Waals surface area contributed by atoms with Crippen molar-refractivity contribution in [3.05, 3.63) is 34.5 Å². The fourth-order valence-corrected chi connectivity index (χ4v) is 3.92. The van der Waals surface area contributed by atoms with Crippen LogP contribution in [0.5, 0.6) is 11.5 Å². The van der Waals surface area contributed by atoms with Gasteiger partial charge >= 0.3 is 0 Å². The zero-order valence-corrected chi connectivity index (χ0v) is 16.5. The second kappa shape index (κ2) is 9.62. The summed E-state index contributed by atoms with van der Waals surface area (Å²) in [6.07, 6.45) is 11.1. The van der Waals surface area contributed by atoms with Gasteiger partial charge in [-0.3, -0.25) is 0 Å².